The van der Waals surface area contributed by atoms with Gasteiger partial charge in [-0.3, -0.25) is 4.79 Å². The number of H-pyrrole nitrogens is 1. The number of aromatic nitrogens is 2. The summed E-state index contributed by atoms with van der Waals surface area (Å²) in [7, 11) is 0. The summed E-state index contributed by atoms with van der Waals surface area (Å²) in [4.78, 5) is 19.3. The summed E-state index contributed by atoms with van der Waals surface area (Å²) in [6.45, 7) is 3.92. The molecule has 1 aromatic carbocycles. The number of aromatic amines is 1. The minimum atomic E-state index is -0.134. The molecular formula is C14H16BrN3OS. The molecule has 1 heterocycles. The van der Waals surface area contributed by atoms with Crippen LogP contribution in [0, 0.1) is 0 Å². The molecule has 1 aromatic heterocycles. The number of rotatable bonds is 6. The third kappa shape index (κ3) is 4.47. The first kappa shape index (κ1) is 15.3. The van der Waals surface area contributed by atoms with E-state index >= 15 is 0 Å². The van der Waals surface area contributed by atoms with Crippen molar-refractivity contribution in [3.63, 3.8) is 0 Å². The van der Waals surface area contributed by atoms with E-state index in [9.17, 15) is 4.79 Å². The predicted octanol–water partition coefficient (Wildman–Crippen LogP) is 3.18. The number of hydrogen-bond acceptors (Lipinski definition) is 4. The number of benzene rings is 1. The zero-order valence-electron chi connectivity index (χ0n) is 11.1. The maximum Gasteiger partial charge on any atom is 0.251 e. The van der Waals surface area contributed by atoms with Gasteiger partial charge < -0.3 is 10.3 Å². The zero-order chi connectivity index (χ0) is 14.4. The second kappa shape index (κ2) is 7.61. The van der Waals surface area contributed by atoms with E-state index in [0.29, 0.717) is 5.16 Å². The molecule has 0 atom stereocenters. The molecule has 2 rings (SSSR count). The average molecular weight is 354 g/mol. The van der Waals surface area contributed by atoms with Gasteiger partial charge >= 0.3 is 0 Å². The molecule has 0 radical (unpaired) electrons. The van der Waals surface area contributed by atoms with E-state index in [0.717, 1.165) is 28.9 Å². The summed E-state index contributed by atoms with van der Waals surface area (Å²) in [5.74, 6) is 0. The molecule has 0 aliphatic rings. The Balaban J connectivity index is 2.19. The first-order valence-corrected chi connectivity index (χ1v) is 8.02. The van der Waals surface area contributed by atoms with Gasteiger partial charge in [0.15, 0.2) is 5.16 Å². The molecular weight excluding hydrogens is 338 g/mol. The Morgan fingerprint density at radius 2 is 2.25 bits per heavy atom. The van der Waals surface area contributed by atoms with Crippen LogP contribution in [0.1, 0.15) is 18.9 Å². The normalized spacial score (nSPS) is 10.7. The van der Waals surface area contributed by atoms with Gasteiger partial charge in [-0.25, -0.2) is 4.98 Å². The summed E-state index contributed by atoms with van der Waals surface area (Å²) in [5, 5.41) is 4.00. The van der Waals surface area contributed by atoms with Crippen LogP contribution in [0.2, 0.25) is 0 Å². The molecule has 0 bridgehead atoms. The minimum Gasteiger partial charge on any atom is -0.313 e. The number of nitrogens with zero attached hydrogens (tertiary/aromatic N) is 1. The first-order valence-electron chi connectivity index (χ1n) is 6.41. The van der Waals surface area contributed by atoms with Crippen molar-refractivity contribution in [1.29, 1.82) is 0 Å². The van der Waals surface area contributed by atoms with Gasteiger partial charge in [-0.1, -0.05) is 34.6 Å². The summed E-state index contributed by atoms with van der Waals surface area (Å²) in [5.41, 5.74) is 1.05. The lowest BCUT2D eigenvalue weighted by Crippen LogP contribution is -2.14. The lowest BCUT2D eigenvalue weighted by molar-refractivity contribution is 0.669. The Kier molecular flexibility index (Phi) is 5.82. The smallest absolute Gasteiger partial charge is 0.251 e. The van der Waals surface area contributed by atoms with Crippen LogP contribution in [0.25, 0.3) is 0 Å². The molecule has 0 saturated heterocycles. The van der Waals surface area contributed by atoms with Crippen molar-refractivity contribution in [3.8, 4) is 0 Å². The molecule has 0 aliphatic heterocycles. The van der Waals surface area contributed by atoms with Crippen molar-refractivity contribution in [2.75, 3.05) is 6.54 Å². The molecule has 106 valence electrons. The second-order valence-corrected chi connectivity index (χ2v) is 6.22. The third-order valence-electron chi connectivity index (χ3n) is 2.62. The van der Waals surface area contributed by atoms with E-state index in [4.69, 9.17) is 0 Å². The maximum atomic E-state index is 11.3. The molecule has 0 unspecified atom stereocenters. The largest absolute Gasteiger partial charge is 0.313 e. The molecule has 6 heteroatoms. The quantitative estimate of drug-likeness (QED) is 0.618. The van der Waals surface area contributed by atoms with Crippen molar-refractivity contribution in [1.82, 2.24) is 15.3 Å². The fourth-order valence-corrected chi connectivity index (χ4v) is 2.97. The van der Waals surface area contributed by atoms with Gasteiger partial charge in [0.25, 0.3) is 5.56 Å². The van der Waals surface area contributed by atoms with Crippen molar-refractivity contribution in [2.45, 2.75) is 29.9 Å². The molecule has 4 nitrogen and oxygen atoms in total. The van der Waals surface area contributed by atoms with Crippen LogP contribution >= 0.6 is 27.7 Å². The zero-order valence-corrected chi connectivity index (χ0v) is 13.6. The van der Waals surface area contributed by atoms with Gasteiger partial charge in [0.2, 0.25) is 0 Å². The van der Waals surface area contributed by atoms with Crippen LogP contribution in [0.4, 0.5) is 0 Å². The van der Waals surface area contributed by atoms with Crippen LogP contribution < -0.4 is 10.9 Å². The highest BCUT2D eigenvalue weighted by Gasteiger charge is 2.07. The van der Waals surface area contributed by atoms with E-state index in [-0.39, 0.29) is 5.56 Å². The van der Waals surface area contributed by atoms with E-state index in [1.807, 2.05) is 12.1 Å². The van der Waals surface area contributed by atoms with Crippen molar-refractivity contribution in [3.05, 3.63) is 50.9 Å². The van der Waals surface area contributed by atoms with Crippen LogP contribution in [0.5, 0.6) is 0 Å². The highest BCUT2D eigenvalue weighted by atomic mass is 79.9. The van der Waals surface area contributed by atoms with E-state index in [1.165, 1.54) is 29.6 Å². The van der Waals surface area contributed by atoms with Gasteiger partial charge in [-0.15, -0.1) is 0 Å². The molecule has 2 N–H and O–H groups in total. The Bertz CT molecular complexity index is 630. The standard InChI is InChI=1S/C14H16BrN3OS/c1-2-6-16-9-10-8-11(15)3-4-12(10)20-14-17-7-5-13(19)18-14/h3-5,7-8,16H,2,6,9H2,1H3,(H,17,18,19). The number of halogens is 1. The minimum absolute atomic E-state index is 0.134. The average Bonchev–Trinajstić information content (AvgIpc) is 2.42. The van der Waals surface area contributed by atoms with Gasteiger partial charge in [0, 0.05) is 28.2 Å². The lowest BCUT2D eigenvalue weighted by atomic mass is 10.2. The lowest BCUT2D eigenvalue weighted by Gasteiger charge is -2.10. The van der Waals surface area contributed by atoms with Gasteiger partial charge in [-0.05, 0) is 36.7 Å². The van der Waals surface area contributed by atoms with E-state index in [2.05, 4.69) is 44.2 Å². The third-order valence-corrected chi connectivity index (χ3v) is 4.13. The molecule has 0 spiro atoms. The Morgan fingerprint density at radius 3 is 3.00 bits per heavy atom. The molecule has 2 aromatic rings. The molecule has 0 aliphatic carbocycles. The van der Waals surface area contributed by atoms with Gasteiger partial charge in [-0.2, -0.15) is 0 Å². The van der Waals surface area contributed by atoms with Crippen LogP contribution in [-0.2, 0) is 6.54 Å². The van der Waals surface area contributed by atoms with Crippen molar-refractivity contribution >= 4 is 27.7 Å². The SMILES string of the molecule is CCCNCc1cc(Br)ccc1Sc1nccc(=O)[nH]1. The van der Waals surface area contributed by atoms with Gasteiger partial charge in [0.1, 0.15) is 0 Å². The van der Waals surface area contributed by atoms with Crippen molar-refractivity contribution in [2.24, 2.45) is 0 Å². The molecule has 20 heavy (non-hydrogen) atoms. The number of nitrogens with one attached hydrogen (secondary N) is 2. The van der Waals surface area contributed by atoms with E-state index < -0.39 is 0 Å². The summed E-state index contributed by atoms with van der Waals surface area (Å²) in [6.07, 6.45) is 2.62. The molecule has 0 amide bonds. The fraction of sp³-hybridized carbons (Fsp3) is 0.286. The van der Waals surface area contributed by atoms with Gasteiger partial charge in [0.05, 0.1) is 0 Å². The highest BCUT2D eigenvalue weighted by Crippen LogP contribution is 2.29. The highest BCUT2D eigenvalue weighted by molar-refractivity contribution is 9.10. The van der Waals surface area contributed by atoms with E-state index in [1.54, 1.807) is 0 Å². The van der Waals surface area contributed by atoms with Crippen LogP contribution in [-0.4, -0.2) is 16.5 Å². The predicted molar refractivity (Wildman–Crippen MR) is 85.1 cm³/mol. The summed E-state index contributed by atoms with van der Waals surface area (Å²) >= 11 is 4.96. The maximum absolute atomic E-state index is 11.3. The Hall–Kier alpha value is -1.11. The molecule has 0 saturated carbocycles. The molecule has 0 fully saturated rings. The Labute approximate surface area is 130 Å². The first-order chi connectivity index (χ1) is 9.69. The summed E-state index contributed by atoms with van der Waals surface area (Å²) in [6, 6.07) is 7.53. The number of hydrogen-bond donors (Lipinski definition) is 2. The second-order valence-electron chi connectivity index (χ2n) is 4.27. The fourth-order valence-electron chi connectivity index (χ4n) is 1.69. The summed E-state index contributed by atoms with van der Waals surface area (Å²) < 4.78 is 1.05. The van der Waals surface area contributed by atoms with Crippen LogP contribution in [0.15, 0.2) is 49.8 Å². The monoisotopic (exact) mass is 353 g/mol. The topological polar surface area (TPSA) is 57.8 Å². The van der Waals surface area contributed by atoms with Crippen LogP contribution in [0.3, 0.4) is 0 Å². The van der Waals surface area contributed by atoms with Crippen molar-refractivity contribution < 1.29 is 0 Å². The Morgan fingerprint density at radius 1 is 1.40 bits per heavy atom.